The molecule has 3 nitrogen and oxygen atoms in total. The van der Waals surface area contributed by atoms with E-state index >= 15 is 0 Å². The van der Waals surface area contributed by atoms with Gasteiger partial charge in [-0.15, -0.1) is 0 Å². The van der Waals surface area contributed by atoms with Gasteiger partial charge in [0.25, 0.3) is 0 Å². The topological polar surface area (TPSA) is 42.9 Å². The van der Waals surface area contributed by atoms with E-state index in [9.17, 15) is 4.79 Å². The van der Waals surface area contributed by atoms with Gasteiger partial charge in [-0.05, 0) is 12.1 Å². The minimum atomic E-state index is -0.0737. The van der Waals surface area contributed by atoms with Crippen molar-refractivity contribution in [2.45, 2.75) is 0 Å². The van der Waals surface area contributed by atoms with E-state index in [2.05, 4.69) is 9.97 Å². The Kier molecular flexibility index (Phi) is 6.00. The Hall–Kier alpha value is -1.97. The van der Waals surface area contributed by atoms with E-state index in [1.165, 1.54) is 0 Å². The molecule has 4 rings (SSSR count). The molecule has 0 bridgehead atoms. The van der Waals surface area contributed by atoms with Crippen molar-refractivity contribution < 1.29 is 17.9 Å². The zero-order chi connectivity index (χ0) is 17.6. The Labute approximate surface area is 159 Å². The number of ketones is 1. The maximum atomic E-state index is 12.5. The number of benzene rings is 2. The summed E-state index contributed by atoms with van der Waals surface area (Å²) >= 11 is 0.194. The average Bonchev–Trinajstić information content (AvgIpc) is 2.68. The number of carbonyl (C=O) groups is 1. The summed E-state index contributed by atoms with van der Waals surface area (Å²) in [5.74, 6) is -0.0737. The molecule has 25 heavy (non-hydrogen) atoms. The number of halogens is 2. The summed E-state index contributed by atoms with van der Waals surface area (Å²) in [7, 11) is 9.53. The predicted octanol–water partition coefficient (Wildman–Crippen LogP) is 5.39. The van der Waals surface area contributed by atoms with E-state index in [-0.39, 0.29) is 18.9 Å². The molecule has 0 aliphatic heterocycles. The quantitative estimate of drug-likeness (QED) is 0.252. The van der Waals surface area contributed by atoms with Crippen molar-refractivity contribution in [2.24, 2.45) is 0 Å². The second-order valence-electron chi connectivity index (χ2n) is 5.15. The van der Waals surface area contributed by atoms with E-state index in [1.807, 2.05) is 48.5 Å². The Morgan fingerprint density at radius 3 is 2.16 bits per heavy atom. The van der Waals surface area contributed by atoms with E-state index in [1.54, 1.807) is 24.4 Å². The second-order valence-corrected chi connectivity index (χ2v) is 6.98. The van der Waals surface area contributed by atoms with Gasteiger partial charge < -0.3 is 0 Å². The summed E-state index contributed by atoms with van der Waals surface area (Å²) in [4.78, 5) is 21.5. The zero-order valence-electron chi connectivity index (χ0n) is 12.8. The van der Waals surface area contributed by atoms with Crippen molar-refractivity contribution in [3.63, 3.8) is 0 Å². The predicted molar refractivity (Wildman–Crippen MR) is 98.6 cm³/mol. The molecule has 0 spiro atoms. The Morgan fingerprint density at radius 1 is 0.800 bits per heavy atom. The first-order valence-corrected chi connectivity index (χ1v) is 10.4. The molecule has 0 atom stereocenters. The molecule has 2 aromatic heterocycles. The van der Waals surface area contributed by atoms with Crippen LogP contribution in [0.1, 0.15) is 16.1 Å². The first-order valence-electron chi connectivity index (χ1n) is 7.34. The standard InChI is InChI=1S/C19H12N2O.2ClH.Fe/c22-19(15-5-2-1-3-6-15)16-11-10-14-9-8-13-7-4-12-20-17(13)18(14)21-16;;;/h1-12H;2*1H;/q;;;+2/p-2. The number of carbonyl (C=O) groups excluding carboxylic acids is 1. The van der Waals surface area contributed by atoms with Gasteiger partial charge >= 0.3 is 33.3 Å². The summed E-state index contributed by atoms with van der Waals surface area (Å²) in [5, 5.41) is 2.00. The zero-order valence-corrected chi connectivity index (χ0v) is 15.5. The molecular weight excluding hydrogens is 399 g/mol. The van der Waals surface area contributed by atoms with Crippen LogP contribution in [-0.4, -0.2) is 15.8 Å². The third-order valence-electron chi connectivity index (χ3n) is 3.70. The fourth-order valence-corrected chi connectivity index (χ4v) is 2.59. The van der Waals surface area contributed by atoms with Crippen molar-refractivity contribution in [3.8, 4) is 0 Å². The van der Waals surface area contributed by atoms with Gasteiger partial charge in [0.15, 0.2) is 0 Å². The van der Waals surface area contributed by atoms with Crippen LogP contribution in [0.25, 0.3) is 21.8 Å². The van der Waals surface area contributed by atoms with Gasteiger partial charge in [-0.25, -0.2) is 4.98 Å². The molecule has 2 heterocycles. The van der Waals surface area contributed by atoms with E-state index in [0.29, 0.717) is 11.3 Å². The van der Waals surface area contributed by atoms with Gasteiger partial charge in [-0.3, -0.25) is 9.78 Å². The molecule has 6 heteroatoms. The SMILES string of the molecule is O=C(c1ccccc1)c1ccc2ccc3cccnc3c2n1.[Cl][Fe][Cl]. The first-order chi connectivity index (χ1) is 12.2. The summed E-state index contributed by atoms with van der Waals surface area (Å²) in [6.07, 6.45) is 1.75. The van der Waals surface area contributed by atoms with Crippen LogP contribution in [0.2, 0.25) is 0 Å². The molecule has 0 amide bonds. The number of aromatic nitrogens is 2. The van der Waals surface area contributed by atoms with Crippen LogP contribution in [0.5, 0.6) is 0 Å². The van der Waals surface area contributed by atoms with Crippen LogP contribution in [0.15, 0.2) is 72.9 Å². The molecule has 0 radical (unpaired) electrons. The third-order valence-corrected chi connectivity index (χ3v) is 3.70. The second kappa shape index (κ2) is 8.41. The molecule has 0 N–H and O–H groups in total. The van der Waals surface area contributed by atoms with Crippen molar-refractivity contribution in [1.29, 1.82) is 0 Å². The van der Waals surface area contributed by atoms with Gasteiger partial charge in [0, 0.05) is 22.5 Å². The van der Waals surface area contributed by atoms with E-state index in [0.717, 1.165) is 21.8 Å². The Balaban J connectivity index is 0.000000569. The van der Waals surface area contributed by atoms with E-state index < -0.39 is 0 Å². The molecule has 0 aliphatic rings. The number of nitrogens with zero attached hydrogens (tertiary/aromatic N) is 2. The molecular formula is C19H12Cl2FeN2O. The summed E-state index contributed by atoms with van der Waals surface area (Å²) in [6, 6.07) is 20.8. The van der Waals surface area contributed by atoms with Crippen molar-refractivity contribution in [2.75, 3.05) is 0 Å². The summed E-state index contributed by atoms with van der Waals surface area (Å²) in [6.45, 7) is 0. The van der Waals surface area contributed by atoms with Gasteiger partial charge in [0.05, 0.1) is 11.0 Å². The van der Waals surface area contributed by atoms with Crippen LogP contribution >= 0.6 is 20.2 Å². The number of rotatable bonds is 2. The van der Waals surface area contributed by atoms with Gasteiger partial charge in [-0.1, -0.05) is 54.6 Å². The van der Waals surface area contributed by atoms with Crippen LogP contribution in [0, 0.1) is 0 Å². The molecule has 0 saturated heterocycles. The molecule has 0 aliphatic carbocycles. The fraction of sp³-hybridized carbons (Fsp3) is 0. The molecule has 126 valence electrons. The molecule has 0 unspecified atom stereocenters. The van der Waals surface area contributed by atoms with E-state index in [4.69, 9.17) is 20.2 Å². The molecule has 4 aromatic rings. The summed E-state index contributed by atoms with van der Waals surface area (Å²) in [5.41, 5.74) is 2.67. The molecule has 2 aromatic carbocycles. The number of hydrogen-bond acceptors (Lipinski definition) is 3. The van der Waals surface area contributed by atoms with Crippen LogP contribution in [-0.2, 0) is 13.1 Å². The van der Waals surface area contributed by atoms with Gasteiger partial charge in [-0.2, -0.15) is 0 Å². The van der Waals surface area contributed by atoms with Crippen LogP contribution < -0.4 is 0 Å². The molecule has 0 saturated carbocycles. The monoisotopic (exact) mass is 410 g/mol. The van der Waals surface area contributed by atoms with Crippen molar-refractivity contribution in [3.05, 3.63) is 84.2 Å². The van der Waals surface area contributed by atoms with Crippen molar-refractivity contribution >= 4 is 47.8 Å². The van der Waals surface area contributed by atoms with Crippen LogP contribution in [0.4, 0.5) is 0 Å². The van der Waals surface area contributed by atoms with Crippen molar-refractivity contribution in [1.82, 2.24) is 9.97 Å². The van der Waals surface area contributed by atoms with Gasteiger partial charge in [0.2, 0.25) is 5.78 Å². The number of hydrogen-bond donors (Lipinski definition) is 0. The fourth-order valence-electron chi connectivity index (χ4n) is 2.59. The number of pyridine rings is 2. The maximum absolute atomic E-state index is 12.5. The normalized spacial score (nSPS) is 10.5. The van der Waals surface area contributed by atoms with Crippen LogP contribution in [0.3, 0.4) is 0 Å². The van der Waals surface area contributed by atoms with Gasteiger partial charge in [0.1, 0.15) is 5.69 Å². The summed E-state index contributed by atoms with van der Waals surface area (Å²) < 4.78 is 0. The Bertz CT molecular complexity index is 1030. The molecule has 0 fully saturated rings. The first kappa shape index (κ1) is 17.8. The third kappa shape index (κ3) is 4.00. The number of fused-ring (bicyclic) bond motifs is 3. The average molecular weight is 411 g/mol. The minimum absolute atomic E-state index is 0.0737. The Morgan fingerprint density at radius 2 is 1.44 bits per heavy atom.